The molecule has 2 aromatic rings. The Balaban J connectivity index is 2.24. The Morgan fingerprint density at radius 1 is 1.10 bits per heavy atom. The van der Waals surface area contributed by atoms with E-state index in [9.17, 15) is 19.2 Å². The van der Waals surface area contributed by atoms with Crippen LogP contribution in [0.2, 0.25) is 0 Å². The lowest BCUT2D eigenvalue weighted by Crippen LogP contribution is -2.51. The summed E-state index contributed by atoms with van der Waals surface area (Å²) in [6.07, 6.45) is -1.38. The molecule has 7 nitrogen and oxygen atoms in total. The summed E-state index contributed by atoms with van der Waals surface area (Å²) in [6, 6.07) is 13.2. The molecule has 0 bridgehead atoms. The van der Waals surface area contributed by atoms with Crippen molar-refractivity contribution in [2.24, 2.45) is 0 Å². The fourth-order valence-electron chi connectivity index (χ4n) is 2.77. The maximum absolute atomic E-state index is 15.3. The van der Waals surface area contributed by atoms with Crippen LogP contribution in [0.4, 0.5) is 14.9 Å². The van der Waals surface area contributed by atoms with Crippen LogP contribution in [0, 0.1) is 5.82 Å². The topological polar surface area (TPSA) is 111 Å². The zero-order chi connectivity index (χ0) is 23.2. The average Bonchev–Trinajstić information content (AvgIpc) is 2.67. The highest BCUT2D eigenvalue weighted by atomic mass is 32.2. The molecule has 2 aromatic carbocycles. The molecule has 3 N–H and O–H groups in total. The maximum Gasteiger partial charge on any atom is 0.412 e. The number of rotatable bonds is 8. The van der Waals surface area contributed by atoms with Crippen molar-refractivity contribution in [1.82, 2.24) is 4.72 Å². The number of hydrogen-bond acceptors (Lipinski definition) is 5. The zero-order valence-corrected chi connectivity index (χ0v) is 18.7. The Labute approximate surface area is 184 Å². The van der Waals surface area contributed by atoms with E-state index in [0.29, 0.717) is 0 Å². The first-order valence-corrected chi connectivity index (χ1v) is 10.8. The molecule has 0 aliphatic heterocycles. The molecule has 1 amide bonds. The van der Waals surface area contributed by atoms with Gasteiger partial charge in [0.2, 0.25) is 0 Å². The standard InChI is InChI=1S/C22H27FN2O5S/c1-21(2,3)31(29)25-22(4,13-18(26)27)16-11-8-12-17(19(16)23)24-20(28)30-14-15-9-6-5-7-10-15/h5-12,25H,13-14H2,1-4H3,(H,24,28)(H,26,27)/t22-,31+/m0/s1. The third kappa shape index (κ3) is 6.95. The highest BCUT2D eigenvalue weighted by Crippen LogP contribution is 2.33. The third-order valence-corrected chi connectivity index (χ3v) is 6.17. The quantitative estimate of drug-likeness (QED) is 0.517. The molecule has 31 heavy (non-hydrogen) atoms. The lowest BCUT2D eigenvalue weighted by Gasteiger charge is -2.34. The molecule has 0 fully saturated rings. The summed E-state index contributed by atoms with van der Waals surface area (Å²) in [5.41, 5.74) is -0.918. The first-order chi connectivity index (χ1) is 14.4. The Morgan fingerprint density at radius 2 is 1.74 bits per heavy atom. The monoisotopic (exact) mass is 450 g/mol. The molecule has 0 aliphatic carbocycles. The number of carboxylic acids is 1. The molecule has 0 unspecified atom stereocenters. The molecule has 0 radical (unpaired) electrons. The Hall–Kier alpha value is -2.62. The number of ether oxygens (including phenoxy) is 1. The second kappa shape index (κ2) is 10.1. The normalized spacial score (nSPS) is 14.4. The molecule has 2 rings (SSSR count). The lowest BCUT2D eigenvalue weighted by molar-refractivity contribution is -0.138. The molecular weight excluding hydrogens is 423 g/mol. The SMILES string of the molecule is CC(C)(C)[S@@+]([O-])N[C@@](C)(CC(=O)O)c1cccc(NC(=O)OCc2ccccc2)c1F. The van der Waals surface area contributed by atoms with Crippen molar-refractivity contribution in [1.29, 1.82) is 0 Å². The van der Waals surface area contributed by atoms with Gasteiger partial charge in [-0.15, -0.1) is 4.72 Å². The van der Waals surface area contributed by atoms with E-state index in [-0.39, 0.29) is 17.9 Å². The molecule has 0 aromatic heterocycles. The van der Waals surface area contributed by atoms with Crippen molar-refractivity contribution in [2.45, 2.75) is 51.0 Å². The van der Waals surface area contributed by atoms with Gasteiger partial charge in [-0.1, -0.05) is 42.5 Å². The van der Waals surface area contributed by atoms with Crippen molar-refractivity contribution in [3.8, 4) is 0 Å². The largest absolute Gasteiger partial charge is 0.598 e. The molecule has 0 spiro atoms. The predicted octanol–water partition coefficient (Wildman–Crippen LogP) is 4.32. The summed E-state index contributed by atoms with van der Waals surface area (Å²) in [4.78, 5) is 23.6. The van der Waals surface area contributed by atoms with Crippen molar-refractivity contribution in [3.05, 3.63) is 65.5 Å². The van der Waals surface area contributed by atoms with Crippen molar-refractivity contribution >= 4 is 29.1 Å². The van der Waals surface area contributed by atoms with Crippen LogP contribution in [-0.4, -0.2) is 26.5 Å². The van der Waals surface area contributed by atoms with Crippen LogP contribution < -0.4 is 10.0 Å². The smallest absolute Gasteiger partial charge is 0.412 e. The number of carbonyl (C=O) groups is 2. The van der Waals surface area contributed by atoms with Gasteiger partial charge >= 0.3 is 12.1 Å². The number of amides is 1. The van der Waals surface area contributed by atoms with E-state index in [2.05, 4.69) is 10.0 Å². The fourth-order valence-corrected chi connectivity index (χ4v) is 3.67. The van der Waals surface area contributed by atoms with Gasteiger partial charge in [-0.3, -0.25) is 10.1 Å². The van der Waals surface area contributed by atoms with E-state index < -0.39 is 45.9 Å². The van der Waals surface area contributed by atoms with Crippen LogP contribution in [0.1, 0.15) is 45.2 Å². The minimum Gasteiger partial charge on any atom is -0.598 e. The number of nitrogens with one attached hydrogen (secondary N) is 2. The first kappa shape index (κ1) is 24.6. The predicted molar refractivity (Wildman–Crippen MR) is 117 cm³/mol. The summed E-state index contributed by atoms with van der Waals surface area (Å²) in [5, 5.41) is 11.7. The molecule has 168 valence electrons. The van der Waals surface area contributed by atoms with Crippen LogP contribution in [0.15, 0.2) is 48.5 Å². The van der Waals surface area contributed by atoms with Gasteiger partial charge in [-0.25, -0.2) is 9.18 Å². The molecule has 0 heterocycles. The van der Waals surface area contributed by atoms with E-state index in [0.717, 1.165) is 5.56 Å². The summed E-state index contributed by atoms with van der Waals surface area (Å²) in [5.74, 6) is -2.03. The van der Waals surface area contributed by atoms with Gasteiger partial charge in [0, 0.05) is 16.9 Å². The Bertz CT molecular complexity index is 920. The summed E-state index contributed by atoms with van der Waals surface area (Å²) >= 11 is -1.67. The number of benzene rings is 2. The molecular formula is C22H27FN2O5S. The van der Waals surface area contributed by atoms with Crippen LogP contribution >= 0.6 is 0 Å². The first-order valence-electron chi connectivity index (χ1n) is 9.60. The fraction of sp³-hybridized carbons (Fsp3) is 0.364. The van der Waals surface area contributed by atoms with Crippen LogP contribution in [0.3, 0.4) is 0 Å². The molecule has 0 saturated carbocycles. The summed E-state index contributed by atoms with van der Waals surface area (Å²) < 4.78 is 35.1. The lowest BCUT2D eigenvalue weighted by atomic mass is 9.89. The summed E-state index contributed by atoms with van der Waals surface area (Å²) in [6.45, 7) is 6.62. The van der Waals surface area contributed by atoms with Crippen molar-refractivity contribution < 1.29 is 28.4 Å². The second-order valence-corrected chi connectivity index (χ2v) is 10.2. The summed E-state index contributed by atoms with van der Waals surface area (Å²) in [7, 11) is 0. The van der Waals surface area contributed by atoms with Gasteiger partial charge in [0.25, 0.3) is 0 Å². The van der Waals surface area contributed by atoms with Crippen LogP contribution in [-0.2, 0) is 33.0 Å². The van der Waals surface area contributed by atoms with E-state index in [1.807, 2.05) is 6.07 Å². The van der Waals surface area contributed by atoms with Gasteiger partial charge in [0.1, 0.15) is 11.4 Å². The van der Waals surface area contributed by atoms with E-state index in [1.165, 1.54) is 25.1 Å². The van der Waals surface area contributed by atoms with E-state index in [4.69, 9.17) is 4.74 Å². The number of hydrogen-bond donors (Lipinski definition) is 3. The van der Waals surface area contributed by atoms with E-state index in [1.54, 1.807) is 45.0 Å². The van der Waals surface area contributed by atoms with Crippen molar-refractivity contribution in [3.63, 3.8) is 0 Å². The second-order valence-electron chi connectivity index (χ2n) is 8.24. The molecule has 2 atom stereocenters. The maximum atomic E-state index is 15.3. The van der Waals surface area contributed by atoms with Gasteiger partial charge in [-0.05, 0) is 39.3 Å². The Morgan fingerprint density at radius 3 is 2.32 bits per heavy atom. The number of carbonyl (C=O) groups excluding carboxylic acids is 1. The van der Waals surface area contributed by atoms with Crippen LogP contribution in [0.25, 0.3) is 0 Å². The number of halogens is 1. The van der Waals surface area contributed by atoms with E-state index >= 15 is 4.39 Å². The minimum atomic E-state index is -1.67. The molecule has 0 saturated heterocycles. The number of carboxylic acid groups (broad SMARTS) is 1. The van der Waals surface area contributed by atoms with Gasteiger partial charge < -0.3 is 14.4 Å². The van der Waals surface area contributed by atoms with Gasteiger partial charge in [0.15, 0.2) is 5.82 Å². The van der Waals surface area contributed by atoms with Crippen LogP contribution in [0.5, 0.6) is 0 Å². The zero-order valence-electron chi connectivity index (χ0n) is 17.9. The third-order valence-electron chi connectivity index (χ3n) is 4.42. The van der Waals surface area contributed by atoms with Gasteiger partial charge in [-0.2, -0.15) is 0 Å². The number of aliphatic carboxylic acids is 1. The van der Waals surface area contributed by atoms with Gasteiger partial charge in [0.05, 0.1) is 17.6 Å². The minimum absolute atomic E-state index is 0.0107. The average molecular weight is 451 g/mol. The number of anilines is 1. The van der Waals surface area contributed by atoms with Crippen molar-refractivity contribution in [2.75, 3.05) is 5.32 Å². The highest BCUT2D eigenvalue weighted by Gasteiger charge is 2.41. The highest BCUT2D eigenvalue weighted by molar-refractivity contribution is 7.90. The molecule has 0 aliphatic rings. The Kier molecular flexibility index (Phi) is 8.05. The molecule has 9 heteroatoms.